The van der Waals surface area contributed by atoms with Crippen molar-refractivity contribution in [2.75, 3.05) is 12.4 Å². The highest BCUT2D eigenvalue weighted by atomic mass is 35.5. The predicted molar refractivity (Wildman–Crippen MR) is 125 cm³/mol. The van der Waals surface area contributed by atoms with Crippen molar-refractivity contribution in [2.24, 2.45) is 0 Å². The average Bonchev–Trinajstić information content (AvgIpc) is 2.77. The Morgan fingerprint density at radius 3 is 2.27 bits per heavy atom. The van der Waals surface area contributed by atoms with Crippen LogP contribution in [0.15, 0.2) is 83.8 Å². The fourth-order valence-electron chi connectivity index (χ4n) is 3.10. The summed E-state index contributed by atoms with van der Waals surface area (Å²) in [5.74, 6) is -0.148. The molecular formula is C25H20ClF3O3S. The van der Waals surface area contributed by atoms with Crippen molar-refractivity contribution in [1.82, 2.24) is 0 Å². The van der Waals surface area contributed by atoms with Crippen molar-refractivity contribution in [1.29, 1.82) is 0 Å². The molecule has 0 unspecified atom stereocenters. The van der Waals surface area contributed by atoms with E-state index in [-0.39, 0.29) is 5.56 Å². The monoisotopic (exact) mass is 492 g/mol. The second-order valence-corrected chi connectivity index (χ2v) is 8.53. The molecule has 3 nitrogen and oxygen atoms in total. The van der Waals surface area contributed by atoms with E-state index < -0.39 is 25.2 Å². The quantitative estimate of drug-likeness (QED) is 0.323. The molecule has 172 valence electrons. The molecule has 0 saturated heterocycles. The zero-order valence-electron chi connectivity index (χ0n) is 17.3. The van der Waals surface area contributed by atoms with Gasteiger partial charge in [0.15, 0.2) is 6.61 Å². The summed E-state index contributed by atoms with van der Waals surface area (Å²) in [6.45, 7) is -0.451. The Morgan fingerprint density at radius 2 is 1.67 bits per heavy atom. The first-order valence-corrected chi connectivity index (χ1v) is 11.3. The highest BCUT2D eigenvalue weighted by Gasteiger charge is 2.27. The minimum absolute atomic E-state index is 0.213. The first kappa shape index (κ1) is 24.7. The van der Waals surface area contributed by atoms with E-state index in [1.54, 1.807) is 30.3 Å². The molecule has 33 heavy (non-hydrogen) atoms. The lowest BCUT2D eigenvalue weighted by atomic mass is 9.96. The van der Waals surface area contributed by atoms with Crippen LogP contribution in [0.1, 0.15) is 16.7 Å². The number of thioether (sulfide) groups is 1. The van der Waals surface area contributed by atoms with Gasteiger partial charge < -0.3 is 9.84 Å². The van der Waals surface area contributed by atoms with E-state index in [4.69, 9.17) is 21.4 Å². The molecule has 1 N–H and O–H groups in total. The number of hydrogen-bond acceptors (Lipinski definition) is 3. The van der Waals surface area contributed by atoms with Gasteiger partial charge in [0.1, 0.15) is 5.75 Å². The van der Waals surface area contributed by atoms with Crippen molar-refractivity contribution in [2.45, 2.75) is 17.5 Å². The number of hydrogen-bond donors (Lipinski definition) is 1. The summed E-state index contributed by atoms with van der Waals surface area (Å²) in [6, 6.07) is 21.0. The molecule has 0 fully saturated rings. The van der Waals surface area contributed by atoms with Gasteiger partial charge >= 0.3 is 12.1 Å². The Hall–Kier alpha value is -2.90. The lowest BCUT2D eigenvalue weighted by Gasteiger charge is -2.12. The predicted octanol–water partition coefficient (Wildman–Crippen LogP) is 7.13. The fourth-order valence-corrected chi connectivity index (χ4v) is 4.23. The Balaban J connectivity index is 1.77. The molecule has 0 aliphatic carbocycles. The van der Waals surface area contributed by atoms with Crippen LogP contribution in [0.5, 0.6) is 5.75 Å². The van der Waals surface area contributed by atoms with E-state index in [0.717, 1.165) is 21.6 Å². The first-order valence-electron chi connectivity index (χ1n) is 9.90. The molecular weight excluding hydrogens is 473 g/mol. The van der Waals surface area contributed by atoms with E-state index in [9.17, 15) is 18.0 Å². The number of carboxylic acids is 1. The van der Waals surface area contributed by atoms with Crippen LogP contribution in [-0.2, 0) is 11.2 Å². The maximum absolute atomic E-state index is 12.7. The molecule has 3 aromatic carbocycles. The summed E-state index contributed by atoms with van der Waals surface area (Å²) in [7, 11) is 0. The van der Waals surface area contributed by atoms with E-state index in [1.165, 1.54) is 23.9 Å². The molecule has 3 rings (SSSR count). The molecule has 3 aromatic rings. The highest BCUT2D eigenvalue weighted by Crippen LogP contribution is 2.32. The van der Waals surface area contributed by atoms with Crippen LogP contribution >= 0.6 is 23.4 Å². The number of benzene rings is 3. The van der Waals surface area contributed by atoms with Gasteiger partial charge in [-0.3, -0.25) is 0 Å². The molecule has 0 aromatic heterocycles. The van der Waals surface area contributed by atoms with Gasteiger partial charge in [-0.15, -0.1) is 11.8 Å². The molecule has 0 saturated carbocycles. The Bertz CT molecular complexity index is 1110. The molecule has 0 spiro atoms. The third-order valence-electron chi connectivity index (χ3n) is 4.55. The molecule has 0 radical (unpaired) electrons. The number of ether oxygens (including phenoxy) is 1. The van der Waals surface area contributed by atoms with Crippen LogP contribution in [0.4, 0.5) is 13.2 Å². The minimum atomic E-state index is -4.25. The maximum Gasteiger partial charge on any atom is 0.393 e. The minimum Gasteiger partial charge on any atom is -0.482 e. The van der Waals surface area contributed by atoms with Crippen molar-refractivity contribution in [3.05, 3.63) is 101 Å². The van der Waals surface area contributed by atoms with Gasteiger partial charge in [-0.05, 0) is 40.5 Å². The van der Waals surface area contributed by atoms with Crippen molar-refractivity contribution < 1.29 is 27.8 Å². The molecule has 0 aliphatic heterocycles. The van der Waals surface area contributed by atoms with Gasteiger partial charge in [0.2, 0.25) is 0 Å². The molecule has 0 bridgehead atoms. The fraction of sp³-hybridized carbons (Fsp3) is 0.160. The van der Waals surface area contributed by atoms with Gasteiger partial charge in [0.05, 0.1) is 11.4 Å². The van der Waals surface area contributed by atoms with Crippen molar-refractivity contribution in [3.8, 4) is 5.75 Å². The largest absolute Gasteiger partial charge is 0.482 e. The summed E-state index contributed by atoms with van der Waals surface area (Å²) in [6.07, 6.45) is -3.20. The molecule has 0 amide bonds. The van der Waals surface area contributed by atoms with Gasteiger partial charge in [-0.25, -0.2) is 4.79 Å². The third kappa shape index (κ3) is 7.87. The SMILES string of the molecule is O=C(O)COc1ccc(SCC=C(c2ccccc2)c2ccc(CC(F)(F)F)cc2)c(Cl)c1. The number of halogens is 4. The number of alkyl halides is 3. The third-order valence-corrected chi connectivity index (χ3v) is 5.97. The lowest BCUT2D eigenvalue weighted by Crippen LogP contribution is -2.11. The van der Waals surface area contributed by atoms with Crippen LogP contribution in [0.2, 0.25) is 5.02 Å². The maximum atomic E-state index is 12.7. The second-order valence-electron chi connectivity index (χ2n) is 7.06. The Kier molecular flexibility index (Phi) is 8.47. The zero-order valence-corrected chi connectivity index (χ0v) is 18.9. The topological polar surface area (TPSA) is 46.5 Å². The van der Waals surface area contributed by atoms with Crippen LogP contribution in [-0.4, -0.2) is 29.6 Å². The van der Waals surface area contributed by atoms with E-state index in [0.29, 0.717) is 16.5 Å². The number of aliphatic carboxylic acids is 1. The Morgan fingerprint density at radius 1 is 1.00 bits per heavy atom. The molecule has 8 heteroatoms. The molecule has 0 atom stereocenters. The van der Waals surface area contributed by atoms with Crippen LogP contribution in [0.25, 0.3) is 5.57 Å². The van der Waals surface area contributed by atoms with E-state index >= 15 is 0 Å². The average molecular weight is 493 g/mol. The first-order chi connectivity index (χ1) is 15.7. The van der Waals surface area contributed by atoms with Crippen molar-refractivity contribution in [3.63, 3.8) is 0 Å². The number of carbonyl (C=O) groups is 1. The summed E-state index contributed by atoms with van der Waals surface area (Å²) in [4.78, 5) is 11.4. The molecule has 0 aliphatic rings. The van der Waals surface area contributed by atoms with Gasteiger partial charge in [-0.2, -0.15) is 13.2 Å². The van der Waals surface area contributed by atoms with E-state index in [2.05, 4.69) is 0 Å². The lowest BCUT2D eigenvalue weighted by molar-refractivity contribution is -0.139. The van der Waals surface area contributed by atoms with Crippen LogP contribution in [0, 0.1) is 0 Å². The van der Waals surface area contributed by atoms with Gasteiger partial charge in [0, 0.05) is 10.6 Å². The summed E-state index contributed by atoms with van der Waals surface area (Å²) in [5, 5.41) is 9.14. The van der Waals surface area contributed by atoms with Crippen molar-refractivity contribution >= 4 is 34.9 Å². The van der Waals surface area contributed by atoms with Crippen LogP contribution < -0.4 is 4.74 Å². The zero-order chi connectivity index (χ0) is 23.8. The summed E-state index contributed by atoms with van der Waals surface area (Å²) >= 11 is 7.78. The number of carboxylic acid groups (broad SMARTS) is 1. The highest BCUT2D eigenvalue weighted by molar-refractivity contribution is 7.99. The van der Waals surface area contributed by atoms with Crippen LogP contribution in [0.3, 0.4) is 0 Å². The van der Waals surface area contributed by atoms with E-state index in [1.807, 2.05) is 36.4 Å². The summed E-state index contributed by atoms with van der Waals surface area (Å²) in [5.41, 5.74) is 2.88. The second kappa shape index (κ2) is 11.3. The van der Waals surface area contributed by atoms with Gasteiger partial charge in [-0.1, -0.05) is 72.3 Å². The standard InChI is InChI=1S/C25H20ClF3O3S/c26-22-14-20(32-16-24(30)31)10-11-23(22)33-13-12-21(18-4-2-1-3-5-18)19-8-6-17(7-9-19)15-25(27,28)29/h1-12,14H,13,15-16H2,(H,30,31). The molecule has 0 heterocycles. The Labute approximate surface area is 198 Å². The normalized spacial score (nSPS) is 11.9. The van der Waals surface area contributed by atoms with Gasteiger partial charge in [0.25, 0.3) is 0 Å². The number of rotatable bonds is 9. The summed E-state index contributed by atoms with van der Waals surface area (Å²) < 4.78 is 43.1. The smallest absolute Gasteiger partial charge is 0.393 e.